The number of hydroxylamine groups is 3. The van der Waals surface area contributed by atoms with E-state index in [9.17, 15) is 19.6 Å². The number of hydrogen-bond acceptors (Lipinski definition) is 14. The van der Waals surface area contributed by atoms with Crippen LogP contribution in [0, 0.1) is 34.6 Å². The van der Waals surface area contributed by atoms with Gasteiger partial charge in [-0.1, -0.05) is 96.2 Å². The summed E-state index contributed by atoms with van der Waals surface area (Å²) in [5, 5.41) is 36.1. The molecule has 21 heteroatoms. The number of unbranched alkanes of at least 4 members (excludes halogenated alkanes) is 6. The van der Waals surface area contributed by atoms with Gasteiger partial charge in [-0.05, 0) is 93.5 Å². The molecule has 1 unspecified atom stereocenters. The number of piperidine rings is 2. The van der Waals surface area contributed by atoms with Gasteiger partial charge in [0.25, 0.3) is 5.91 Å². The van der Waals surface area contributed by atoms with Gasteiger partial charge in [0.05, 0.1) is 65.2 Å². The molecule has 0 radical (unpaired) electrons. The Morgan fingerprint density at radius 3 is 2.34 bits per heavy atom. The lowest BCUT2D eigenvalue weighted by Gasteiger charge is -2.48. The van der Waals surface area contributed by atoms with Crippen molar-refractivity contribution in [1.82, 2.24) is 50.8 Å². The van der Waals surface area contributed by atoms with Gasteiger partial charge in [-0.15, -0.1) is 16.4 Å². The molecule has 4 N–H and O–H groups in total. The van der Waals surface area contributed by atoms with Gasteiger partial charge in [0.15, 0.2) is 6.04 Å². The number of quaternary nitrogens is 1. The van der Waals surface area contributed by atoms with E-state index in [1.807, 2.05) is 69.2 Å². The largest absolute Gasteiger partial charge is 0.632 e. The van der Waals surface area contributed by atoms with Gasteiger partial charge >= 0.3 is 0 Å². The molecule has 4 fully saturated rings. The monoisotopic (exact) mass is 1160 g/mol. The number of amides is 3. The molecular formula is C62H88F2N14O4S. The Balaban J connectivity index is 0.640. The fraction of sp³-hybridized carbons (Fsp3) is 0.613. The van der Waals surface area contributed by atoms with Crippen LogP contribution in [0.3, 0.4) is 0 Å². The number of piperazine rings is 1. The molecule has 9 rings (SSSR count). The zero-order valence-corrected chi connectivity index (χ0v) is 50.8. The zero-order valence-electron chi connectivity index (χ0n) is 50.0. The molecule has 4 aliphatic rings. The summed E-state index contributed by atoms with van der Waals surface area (Å²) in [7, 11) is 0. The van der Waals surface area contributed by atoms with E-state index in [0.717, 1.165) is 111 Å². The van der Waals surface area contributed by atoms with Crippen molar-refractivity contribution < 1.29 is 27.8 Å². The maximum Gasteiger partial charge on any atom is 0.279 e. The average Bonchev–Trinajstić information content (AvgIpc) is 4.29. The molecule has 83 heavy (non-hydrogen) atoms. The van der Waals surface area contributed by atoms with Crippen LogP contribution in [-0.4, -0.2) is 127 Å². The molecule has 0 bridgehead atoms. The summed E-state index contributed by atoms with van der Waals surface area (Å²) >= 11 is 1.60. The number of thiazole rings is 1. The number of aryl methyl sites for hydroxylation is 2. The van der Waals surface area contributed by atoms with Crippen molar-refractivity contribution in [3.63, 3.8) is 0 Å². The van der Waals surface area contributed by atoms with E-state index in [2.05, 4.69) is 82.3 Å². The molecular weight excluding hydrogens is 1070 g/mol. The number of aromatic nitrogens is 6. The first-order chi connectivity index (χ1) is 39.6. The first-order valence-corrected chi connectivity index (χ1v) is 31.2. The quantitative estimate of drug-likeness (QED) is 0.0259. The van der Waals surface area contributed by atoms with E-state index >= 15 is 8.78 Å². The standard InChI is InChI=1S/C62H88F2N14O4S/c1-43(45-18-20-46(21-19-45)58-44(2)68-42-83-58)69-59(81)52-16-15-31-78(52,82)39-53(60(3,4)5)70-56(79)17-13-11-9-8-10-12-14-26-77-37-48(72-73-77)35-65-54-34-55(67-41-66-54)75-29-24-62(25-30-75)40-76(38-57(80)71-62)51-33-49(63)47(32-50(51)64)36-74-27-22-61(6,7)23-28-74/h18-21,32-34,37,41-43,52-53H,8-17,22-31,35-36,38-40H2,1-7H3,(H,69,81)(H,70,79)(H,71,80)(H,65,66,67)/t43-,52-,53+,78?/m0/s1. The van der Waals surface area contributed by atoms with E-state index in [4.69, 9.17) is 0 Å². The van der Waals surface area contributed by atoms with Crippen molar-refractivity contribution in [2.75, 3.05) is 67.5 Å². The molecule has 4 atom stereocenters. The predicted octanol–water partition coefficient (Wildman–Crippen LogP) is 9.99. The summed E-state index contributed by atoms with van der Waals surface area (Å²) < 4.78 is 32.5. The lowest BCUT2D eigenvalue weighted by Crippen LogP contribution is -2.66. The van der Waals surface area contributed by atoms with E-state index in [1.54, 1.807) is 16.2 Å². The zero-order chi connectivity index (χ0) is 58.9. The number of rotatable bonds is 24. The van der Waals surface area contributed by atoms with Crippen LogP contribution < -0.4 is 31.1 Å². The summed E-state index contributed by atoms with van der Waals surface area (Å²) in [6.07, 6.45) is 15.3. The molecule has 3 aromatic heterocycles. The molecule has 2 aromatic carbocycles. The molecule has 7 heterocycles. The third kappa shape index (κ3) is 16.2. The van der Waals surface area contributed by atoms with Gasteiger partial charge < -0.3 is 40.9 Å². The molecule has 5 aromatic rings. The number of nitrogens with zero attached hydrogens (tertiary/aromatic N) is 10. The van der Waals surface area contributed by atoms with Crippen molar-refractivity contribution in [3.05, 3.63) is 99.9 Å². The predicted molar refractivity (Wildman–Crippen MR) is 322 cm³/mol. The number of halogens is 2. The Kier molecular flexibility index (Phi) is 19.8. The van der Waals surface area contributed by atoms with E-state index in [1.165, 1.54) is 18.5 Å². The number of carbonyl (C=O) groups is 3. The van der Waals surface area contributed by atoms with Crippen LogP contribution in [0.15, 0.2) is 60.5 Å². The van der Waals surface area contributed by atoms with Gasteiger partial charge in [0, 0.05) is 69.7 Å². The van der Waals surface area contributed by atoms with Crippen molar-refractivity contribution in [1.29, 1.82) is 0 Å². The highest BCUT2D eigenvalue weighted by Gasteiger charge is 2.45. The minimum atomic E-state index is -0.722. The van der Waals surface area contributed by atoms with Gasteiger partial charge in [-0.3, -0.25) is 24.0 Å². The molecule has 0 saturated carbocycles. The fourth-order valence-electron chi connectivity index (χ4n) is 12.4. The topological polar surface area (TPSA) is 201 Å². The van der Waals surface area contributed by atoms with E-state index in [-0.39, 0.29) is 59.4 Å². The Morgan fingerprint density at radius 2 is 1.63 bits per heavy atom. The number of benzene rings is 2. The van der Waals surface area contributed by atoms with Gasteiger partial charge in [0.2, 0.25) is 11.8 Å². The Hall–Kier alpha value is -6.16. The van der Waals surface area contributed by atoms with Crippen LogP contribution in [0.4, 0.5) is 26.1 Å². The highest BCUT2D eigenvalue weighted by Crippen LogP contribution is 2.36. The lowest BCUT2D eigenvalue weighted by molar-refractivity contribution is -0.885. The van der Waals surface area contributed by atoms with Gasteiger partial charge in [-0.25, -0.2) is 23.7 Å². The molecule has 1 spiro atoms. The maximum atomic E-state index is 15.7. The third-order valence-corrected chi connectivity index (χ3v) is 18.8. The van der Waals surface area contributed by atoms with E-state index in [0.29, 0.717) is 82.8 Å². The summed E-state index contributed by atoms with van der Waals surface area (Å²) in [5.41, 5.74) is 5.48. The first-order valence-electron chi connectivity index (χ1n) is 30.3. The smallest absolute Gasteiger partial charge is 0.279 e. The Bertz CT molecular complexity index is 2980. The molecule has 0 aliphatic carbocycles. The number of carbonyl (C=O) groups excluding carboxylic acids is 3. The minimum absolute atomic E-state index is 0.0306. The van der Waals surface area contributed by atoms with Crippen LogP contribution >= 0.6 is 11.3 Å². The molecule has 4 aliphatic heterocycles. The second kappa shape index (κ2) is 26.8. The maximum absolute atomic E-state index is 15.7. The van der Waals surface area contributed by atoms with Crippen LogP contribution in [0.25, 0.3) is 10.4 Å². The Morgan fingerprint density at radius 1 is 0.904 bits per heavy atom. The highest BCUT2D eigenvalue weighted by molar-refractivity contribution is 7.13. The highest BCUT2D eigenvalue weighted by atomic mass is 32.1. The number of likely N-dealkylation sites (tertiary alicyclic amines) is 2. The fourth-order valence-corrected chi connectivity index (χ4v) is 13.2. The van der Waals surface area contributed by atoms with E-state index < -0.39 is 27.9 Å². The van der Waals surface area contributed by atoms with Crippen LogP contribution in [0.2, 0.25) is 0 Å². The van der Waals surface area contributed by atoms with Crippen molar-refractivity contribution >= 4 is 46.4 Å². The SMILES string of the molecule is Cc1ncsc1-c1ccc([C@H](C)NC(=O)[C@@H]2CCC[N+]2([O-])C[C@@H](NC(=O)CCCCCCCCCn2cc(CNc3cc(N4CCC5(CC4)CN(c4cc(F)c(CN6CCC(C)(C)CC6)cc4F)CC(=O)N5)ncn3)nn2)C(C)(C)C)cc1. The van der Waals surface area contributed by atoms with Gasteiger partial charge in [0.1, 0.15) is 41.8 Å². The summed E-state index contributed by atoms with van der Waals surface area (Å²) in [5.74, 6) is -0.0135. The second-order valence-electron chi connectivity index (χ2n) is 25.9. The summed E-state index contributed by atoms with van der Waals surface area (Å²) in [6.45, 7) is 19.9. The second-order valence-corrected chi connectivity index (χ2v) is 26.8. The van der Waals surface area contributed by atoms with Crippen LogP contribution in [0.1, 0.15) is 160 Å². The van der Waals surface area contributed by atoms with Crippen LogP contribution in [0.5, 0.6) is 0 Å². The molecule has 18 nitrogen and oxygen atoms in total. The summed E-state index contributed by atoms with van der Waals surface area (Å²) in [4.78, 5) is 60.7. The van der Waals surface area contributed by atoms with Crippen LogP contribution in [-0.2, 0) is 34.0 Å². The number of nitrogens with one attached hydrogen (secondary N) is 4. The minimum Gasteiger partial charge on any atom is -0.632 e. The third-order valence-electron chi connectivity index (χ3n) is 17.9. The average molecular weight is 1160 g/mol. The first kappa shape index (κ1) is 61.4. The van der Waals surface area contributed by atoms with Gasteiger partial charge in [-0.2, -0.15) is 0 Å². The van der Waals surface area contributed by atoms with Crippen molar-refractivity contribution in [2.45, 2.75) is 182 Å². The number of hydrogen-bond donors (Lipinski definition) is 4. The summed E-state index contributed by atoms with van der Waals surface area (Å²) in [6, 6.07) is 11.3. The van der Waals surface area contributed by atoms with Crippen molar-refractivity contribution in [3.8, 4) is 10.4 Å². The molecule has 4 saturated heterocycles. The van der Waals surface area contributed by atoms with Crippen molar-refractivity contribution in [2.24, 2.45) is 10.8 Å². The normalized spacial score (nSPS) is 20.7. The lowest BCUT2D eigenvalue weighted by atomic mass is 9.82. The molecule has 450 valence electrons. The molecule has 3 amide bonds. The Labute approximate surface area is 493 Å². The number of anilines is 3.